The molecule has 0 aliphatic rings. The van der Waals surface area contributed by atoms with Crippen LogP contribution in [0.4, 0.5) is 5.82 Å². The van der Waals surface area contributed by atoms with Gasteiger partial charge < -0.3 is 14.4 Å². The number of halogens is 1. The summed E-state index contributed by atoms with van der Waals surface area (Å²) in [5, 5.41) is 0.418. The molecule has 0 spiro atoms. The fourth-order valence-electron chi connectivity index (χ4n) is 1.86. The summed E-state index contributed by atoms with van der Waals surface area (Å²) in [5.41, 5.74) is 1.16. The van der Waals surface area contributed by atoms with E-state index in [2.05, 4.69) is 4.98 Å². The number of methoxy groups -OCH3 is 2. The molecule has 0 unspecified atom stereocenters. The maximum atomic E-state index is 5.98. The Kier molecular flexibility index (Phi) is 4.69. The van der Waals surface area contributed by atoms with E-state index in [0.29, 0.717) is 10.9 Å². The van der Waals surface area contributed by atoms with Crippen LogP contribution in [0.25, 0.3) is 0 Å². The molecule has 2 aromatic rings. The molecule has 0 saturated heterocycles. The van der Waals surface area contributed by atoms with E-state index < -0.39 is 0 Å². The van der Waals surface area contributed by atoms with Gasteiger partial charge in [0, 0.05) is 25.7 Å². The van der Waals surface area contributed by atoms with Gasteiger partial charge in [0.05, 0.1) is 14.2 Å². The number of pyridine rings is 1. The topological polar surface area (TPSA) is 34.6 Å². The first-order valence-electron chi connectivity index (χ1n) is 6.18. The highest BCUT2D eigenvalue weighted by Crippen LogP contribution is 2.23. The average molecular weight is 293 g/mol. The highest BCUT2D eigenvalue weighted by molar-refractivity contribution is 6.29. The first kappa shape index (κ1) is 14.5. The van der Waals surface area contributed by atoms with Crippen LogP contribution in [0.5, 0.6) is 11.5 Å². The molecule has 0 N–H and O–H groups in total. The summed E-state index contributed by atoms with van der Waals surface area (Å²) in [7, 11) is 5.23. The SMILES string of the molecule is COc1ccc(CN(C)c2cc(OC)cc(Cl)n2)cc1. The molecule has 5 heteroatoms. The Bertz CT molecular complexity index is 573. The standard InChI is InChI=1S/C15H17ClN2O2/c1-18(10-11-4-6-12(19-2)7-5-11)15-9-13(20-3)8-14(16)17-15/h4-9H,10H2,1-3H3. The van der Waals surface area contributed by atoms with Crippen LogP contribution in [0.1, 0.15) is 5.56 Å². The third-order valence-electron chi connectivity index (χ3n) is 2.96. The van der Waals surface area contributed by atoms with Gasteiger partial charge in [0.2, 0.25) is 0 Å². The summed E-state index contributed by atoms with van der Waals surface area (Å²) >= 11 is 5.98. The third-order valence-corrected chi connectivity index (χ3v) is 3.15. The van der Waals surface area contributed by atoms with Crippen molar-refractivity contribution in [2.24, 2.45) is 0 Å². The minimum absolute atomic E-state index is 0.418. The monoisotopic (exact) mass is 292 g/mol. The van der Waals surface area contributed by atoms with Gasteiger partial charge >= 0.3 is 0 Å². The highest BCUT2D eigenvalue weighted by atomic mass is 35.5. The van der Waals surface area contributed by atoms with Gasteiger partial charge in [-0.05, 0) is 17.7 Å². The van der Waals surface area contributed by atoms with Gasteiger partial charge in [-0.3, -0.25) is 0 Å². The number of benzene rings is 1. The number of ether oxygens (including phenoxy) is 2. The van der Waals surface area contributed by atoms with Crippen molar-refractivity contribution < 1.29 is 9.47 Å². The van der Waals surface area contributed by atoms with Crippen molar-refractivity contribution in [3.05, 3.63) is 47.1 Å². The molecule has 1 aromatic carbocycles. The van der Waals surface area contributed by atoms with Gasteiger partial charge in [0.15, 0.2) is 0 Å². The van der Waals surface area contributed by atoms with Gasteiger partial charge in [-0.1, -0.05) is 23.7 Å². The van der Waals surface area contributed by atoms with Crippen molar-refractivity contribution in [1.82, 2.24) is 4.98 Å². The van der Waals surface area contributed by atoms with E-state index in [-0.39, 0.29) is 0 Å². The van der Waals surface area contributed by atoms with Gasteiger partial charge in [-0.25, -0.2) is 4.98 Å². The molecule has 1 aromatic heterocycles. The third kappa shape index (κ3) is 3.54. The minimum Gasteiger partial charge on any atom is -0.497 e. The first-order valence-corrected chi connectivity index (χ1v) is 6.56. The molecule has 1 heterocycles. The largest absolute Gasteiger partial charge is 0.497 e. The minimum atomic E-state index is 0.418. The Labute approximate surface area is 123 Å². The van der Waals surface area contributed by atoms with Gasteiger partial charge in [0.25, 0.3) is 0 Å². The zero-order valence-corrected chi connectivity index (χ0v) is 12.5. The lowest BCUT2D eigenvalue weighted by molar-refractivity contribution is 0.414. The van der Waals surface area contributed by atoms with Crippen LogP contribution in [-0.4, -0.2) is 26.3 Å². The van der Waals surface area contributed by atoms with Crippen molar-refractivity contribution in [3.8, 4) is 11.5 Å². The Morgan fingerprint density at radius 1 is 1.05 bits per heavy atom. The van der Waals surface area contributed by atoms with Gasteiger partial charge in [0.1, 0.15) is 22.5 Å². The molecular formula is C15H17ClN2O2. The van der Waals surface area contributed by atoms with Crippen LogP contribution in [0.2, 0.25) is 5.15 Å². The maximum absolute atomic E-state index is 5.98. The molecule has 0 bridgehead atoms. The zero-order valence-electron chi connectivity index (χ0n) is 11.8. The molecule has 20 heavy (non-hydrogen) atoms. The molecule has 0 aliphatic heterocycles. The average Bonchev–Trinajstić information content (AvgIpc) is 2.47. The van der Waals surface area contributed by atoms with Crippen molar-refractivity contribution >= 4 is 17.4 Å². The van der Waals surface area contributed by atoms with E-state index in [1.807, 2.05) is 42.3 Å². The summed E-state index contributed by atoms with van der Waals surface area (Å²) < 4.78 is 10.3. The lowest BCUT2D eigenvalue weighted by Crippen LogP contribution is -2.17. The second-order valence-corrected chi connectivity index (χ2v) is 4.78. The van der Waals surface area contributed by atoms with E-state index in [0.717, 1.165) is 23.7 Å². The van der Waals surface area contributed by atoms with Crippen molar-refractivity contribution in [3.63, 3.8) is 0 Å². The van der Waals surface area contributed by atoms with Crippen LogP contribution in [0.3, 0.4) is 0 Å². The summed E-state index contributed by atoms with van der Waals surface area (Å²) in [5.74, 6) is 2.31. The Morgan fingerprint density at radius 2 is 1.70 bits per heavy atom. The number of nitrogens with zero attached hydrogens (tertiary/aromatic N) is 2. The molecule has 0 aliphatic carbocycles. The smallest absolute Gasteiger partial charge is 0.135 e. The Morgan fingerprint density at radius 3 is 2.30 bits per heavy atom. The predicted molar refractivity (Wildman–Crippen MR) is 80.9 cm³/mol. The molecule has 106 valence electrons. The summed E-state index contributed by atoms with van der Waals surface area (Å²) in [6, 6.07) is 11.5. The molecule has 4 nitrogen and oxygen atoms in total. The molecular weight excluding hydrogens is 276 g/mol. The van der Waals surface area contributed by atoms with Gasteiger partial charge in [-0.15, -0.1) is 0 Å². The van der Waals surface area contributed by atoms with Crippen LogP contribution in [0.15, 0.2) is 36.4 Å². The zero-order chi connectivity index (χ0) is 14.5. The lowest BCUT2D eigenvalue weighted by Gasteiger charge is -2.19. The molecule has 0 atom stereocenters. The number of hydrogen-bond donors (Lipinski definition) is 0. The molecule has 0 radical (unpaired) electrons. The Hall–Kier alpha value is -1.94. The van der Waals surface area contributed by atoms with Gasteiger partial charge in [-0.2, -0.15) is 0 Å². The highest BCUT2D eigenvalue weighted by Gasteiger charge is 2.07. The fourth-order valence-corrected chi connectivity index (χ4v) is 2.05. The van der Waals surface area contributed by atoms with E-state index in [4.69, 9.17) is 21.1 Å². The van der Waals surface area contributed by atoms with Crippen LogP contribution >= 0.6 is 11.6 Å². The Balaban J connectivity index is 2.14. The molecule has 0 fully saturated rings. The van der Waals surface area contributed by atoms with E-state index in [1.165, 1.54) is 0 Å². The van der Waals surface area contributed by atoms with E-state index in [9.17, 15) is 0 Å². The summed E-state index contributed by atoms with van der Waals surface area (Å²) in [6.45, 7) is 0.723. The number of hydrogen-bond acceptors (Lipinski definition) is 4. The molecule has 0 saturated carbocycles. The van der Waals surface area contributed by atoms with Crippen molar-refractivity contribution in [1.29, 1.82) is 0 Å². The maximum Gasteiger partial charge on any atom is 0.135 e. The lowest BCUT2D eigenvalue weighted by atomic mass is 10.2. The quantitative estimate of drug-likeness (QED) is 0.791. The second kappa shape index (κ2) is 6.48. The normalized spacial score (nSPS) is 10.2. The van der Waals surface area contributed by atoms with Crippen LogP contribution in [-0.2, 0) is 6.54 Å². The van der Waals surface area contributed by atoms with Crippen molar-refractivity contribution in [2.45, 2.75) is 6.54 Å². The molecule has 2 rings (SSSR count). The van der Waals surface area contributed by atoms with Crippen molar-refractivity contribution in [2.75, 3.05) is 26.2 Å². The first-order chi connectivity index (χ1) is 9.62. The van der Waals surface area contributed by atoms with E-state index >= 15 is 0 Å². The van der Waals surface area contributed by atoms with Crippen LogP contribution in [0, 0.1) is 0 Å². The molecule has 0 amide bonds. The fraction of sp³-hybridized carbons (Fsp3) is 0.267. The predicted octanol–water partition coefficient (Wildman–Crippen LogP) is 3.39. The number of rotatable bonds is 5. The summed E-state index contributed by atoms with van der Waals surface area (Å²) in [4.78, 5) is 6.31. The van der Waals surface area contributed by atoms with Crippen LogP contribution < -0.4 is 14.4 Å². The second-order valence-electron chi connectivity index (χ2n) is 4.39. The number of aromatic nitrogens is 1. The number of anilines is 1. The van der Waals surface area contributed by atoms with E-state index in [1.54, 1.807) is 20.3 Å². The summed E-state index contributed by atoms with van der Waals surface area (Å²) in [6.07, 6.45) is 0.